The zero-order chi connectivity index (χ0) is 14.2. The molecule has 19 heavy (non-hydrogen) atoms. The van der Waals surface area contributed by atoms with Crippen molar-refractivity contribution >= 4 is 10.0 Å². The number of hydrogen-bond acceptors (Lipinski definition) is 5. The van der Waals surface area contributed by atoms with E-state index in [0.717, 1.165) is 0 Å². The molecule has 0 aromatic carbocycles. The van der Waals surface area contributed by atoms with Crippen molar-refractivity contribution in [3.05, 3.63) is 17.6 Å². The van der Waals surface area contributed by atoms with Crippen LogP contribution in [-0.4, -0.2) is 43.1 Å². The zero-order valence-corrected chi connectivity index (χ0v) is 12.1. The van der Waals surface area contributed by atoms with E-state index < -0.39 is 10.0 Å². The molecule has 1 fully saturated rings. The maximum absolute atomic E-state index is 12.6. The summed E-state index contributed by atoms with van der Waals surface area (Å²) in [6.45, 7) is 5.61. The first-order chi connectivity index (χ1) is 8.84. The molecule has 7 heteroatoms. The first-order valence-corrected chi connectivity index (χ1v) is 7.64. The number of ether oxygens (including phenoxy) is 1. The van der Waals surface area contributed by atoms with Crippen LogP contribution in [0.1, 0.15) is 25.4 Å². The number of morpholine rings is 1. The van der Waals surface area contributed by atoms with Gasteiger partial charge in [-0.1, -0.05) is 0 Å². The van der Waals surface area contributed by atoms with Gasteiger partial charge < -0.3 is 14.3 Å². The van der Waals surface area contributed by atoms with Gasteiger partial charge in [0.15, 0.2) is 0 Å². The third-order valence-electron chi connectivity index (χ3n) is 3.08. The molecule has 2 heterocycles. The first-order valence-electron chi connectivity index (χ1n) is 6.20. The van der Waals surface area contributed by atoms with E-state index in [-0.39, 0.29) is 29.5 Å². The molecule has 0 amide bonds. The highest BCUT2D eigenvalue weighted by molar-refractivity contribution is 7.89. The van der Waals surface area contributed by atoms with Crippen LogP contribution in [0.25, 0.3) is 0 Å². The number of sulfonamides is 1. The molecule has 0 spiro atoms. The number of rotatable bonds is 3. The van der Waals surface area contributed by atoms with E-state index in [2.05, 4.69) is 0 Å². The fourth-order valence-electron chi connectivity index (χ4n) is 2.32. The van der Waals surface area contributed by atoms with E-state index in [9.17, 15) is 8.42 Å². The summed E-state index contributed by atoms with van der Waals surface area (Å²) in [5, 5.41) is 9.01. The Morgan fingerprint density at radius 2 is 1.95 bits per heavy atom. The van der Waals surface area contributed by atoms with Crippen molar-refractivity contribution < 1.29 is 22.7 Å². The molecule has 0 radical (unpaired) electrons. The van der Waals surface area contributed by atoms with E-state index in [1.54, 1.807) is 6.92 Å². The number of nitrogens with zero attached hydrogens (tertiary/aromatic N) is 1. The van der Waals surface area contributed by atoms with E-state index >= 15 is 0 Å². The van der Waals surface area contributed by atoms with Gasteiger partial charge in [0.05, 0.1) is 12.2 Å². The van der Waals surface area contributed by atoms with Crippen LogP contribution in [0, 0.1) is 6.92 Å². The standard InChI is InChI=1S/C12H19NO5S/c1-8-5-13(6-9(2)17-8)19(15,16)12-4-11(7-14)18-10(12)3/h4,8-9,14H,5-7H2,1-3H3. The van der Waals surface area contributed by atoms with E-state index in [0.29, 0.717) is 18.8 Å². The quantitative estimate of drug-likeness (QED) is 0.893. The summed E-state index contributed by atoms with van der Waals surface area (Å²) in [5.74, 6) is 0.557. The third-order valence-corrected chi connectivity index (χ3v) is 5.02. The largest absolute Gasteiger partial charge is 0.462 e. The summed E-state index contributed by atoms with van der Waals surface area (Å²) < 4.78 is 37.3. The number of hydrogen-bond donors (Lipinski definition) is 1. The van der Waals surface area contributed by atoms with Crippen molar-refractivity contribution in [1.29, 1.82) is 0 Å². The summed E-state index contributed by atoms with van der Waals surface area (Å²) in [4.78, 5) is 0.123. The topological polar surface area (TPSA) is 80.0 Å². The molecular weight excluding hydrogens is 270 g/mol. The Balaban J connectivity index is 2.33. The Morgan fingerprint density at radius 3 is 2.42 bits per heavy atom. The minimum atomic E-state index is -3.60. The molecule has 2 rings (SSSR count). The van der Waals surface area contributed by atoms with Gasteiger partial charge in [-0.2, -0.15) is 4.31 Å². The van der Waals surface area contributed by atoms with Crippen LogP contribution < -0.4 is 0 Å². The van der Waals surface area contributed by atoms with Gasteiger partial charge in [0, 0.05) is 19.2 Å². The van der Waals surface area contributed by atoms with Crippen molar-refractivity contribution in [2.24, 2.45) is 0 Å². The SMILES string of the molecule is Cc1oc(CO)cc1S(=O)(=O)N1CC(C)OC(C)C1. The first kappa shape index (κ1) is 14.5. The van der Waals surface area contributed by atoms with Crippen molar-refractivity contribution in [3.8, 4) is 0 Å². The number of aliphatic hydroxyl groups excluding tert-OH is 1. The lowest BCUT2D eigenvalue weighted by Crippen LogP contribution is -2.48. The molecule has 0 saturated carbocycles. The van der Waals surface area contributed by atoms with E-state index in [1.807, 2.05) is 13.8 Å². The van der Waals surface area contributed by atoms with Gasteiger partial charge in [0.2, 0.25) is 10.0 Å². The number of furan rings is 1. The lowest BCUT2D eigenvalue weighted by atomic mass is 10.3. The lowest BCUT2D eigenvalue weighted by molar-refractivity contribution is -0.0441. The van der Waals surface area contributed by atoms with E-state index in [4.69, 9.17) is 14.3 Å². The van der Waals surface area contributed by atoms with Crippen LogP contribution in [0.4, 0.5) is 0 Å². The molecule has 1 aromatic rings. The predicted molar refractivity (Wildman–Crippen MR) is 68.1 cm³/mol. The highest BCUT2D eigenvalue weighted by atomic mass is 32.2. The molecule has 2 atom stereocenters. The molecule has 1 aliphatic rings. The summed E-state index contributed by atoms with van der Waals surface area (Å²) in [6.07, 6.45) is -0.272. The van der Waals surface area contributed by atoms with Crippen LogP contribution in [0.2, 0.25) is 0 Å². The molecule has 1 aromatic heterocycles. The maximum Gasteiger partial charge on any atom is 0.246 e. The van der Waals surface area contributed by atoms with Gasteiger partial charge >= 0.3 is 0 Å². The molecule has 0 bridgehead atoms. The van der Waals surface area contributed by atoms with Crippen LogP contribution in [-0.2, 0) is 21.4 Å². The van der Waals surface area contributed by atoms with Gasteiger partial charge in [-0.05, 0) is 20.8 Å². The van der Waals surface area contributed by atoms with Crippen molar-refractivity contribution in [1.82, 2.24) is 4.31 Å². The fourth-order valence-corrected chi connectivity index (χ4v) is 4.10. The highest BCUT2D eigenvalue weighted by Crippen LogP contribution is 2.26. The summed E-state index contributed by atoms with van der Waals surface area (Å²) in [7, 11) is -3.60. The van der Waals surface area contributed by atoms with E-state index in [1.165, 1.54) is 10.4 Å². The van der Waals surface area contributed by atoms with Gasteiger partial charge in [0.25, 0.3) is 0 Å². The maximum atomic E-state index is 12.6. The normalized spacial score (nSPS) is 25.7. The lowest BCUT2D eigenvalue weighted by Gasteiger charge is -2.34. The van der Waals surface area contributed by atoms with Crippen LogP contribution in [0.3, 0.4) is 0 Å². The van der Waals surface area contributed by atoms with Crippen LogP contribution in [0.15, 0.2) is 15.4 Å². The smallest absolute Gasteiger partial charge is 0.246 e. The second-order valence-electron chi connectivity index (χ2n) is 4.87. The van der Waals surface area contributed by atoms with Crippen molar-refractivity contribution in [2.75, 3.05) is 13.1 Å². The molecule has 108 valence electrons. The molecule has 0 aliphatic carbocycles. The minimum absolute atomic E-state index is 0.123. The molecule has 1 aliphatic heterocycles. The fraction of sp³-hybridized carbons (Fsp3) is 0.667. The Morgan fingerprint density at radius 1 is 1.37 bits per heavy atom. The second-order valence-corrected chi connectivity index (χ2v) is 6.78. The second kappa shape index (κ2) is 5.24. The molecule has 1 saturated heterocycles. The average molecular weight is 289 g/mol. The Labute approximate surface area is 113 Å². The highest BCUT2D eigenvalue weighted by Gasteiger charge is 2.34. The minimum Gasteiger partial charge on any atom is -0.462 e. The zero-order valence-electron chi connectivity index (χ0n) is 11.3. The van der Waals surface area contributed by atoms with Crippen molar-refractivity contribution in [2.45, 2.75) is 44.5 Å². The van der Waals surface area contributed by atoms with Gasteiger partial charge in [-0.15, -0.1) is 0 Å². The molecular formula is C12H19NO5S. The predicted octanol–water partition coefficient (Wildman–Crippen LogP) is 0.878. The third kappa shape index (κ3) is 2.84. The Bertz CT molecular complexity index is 540. The average Bonchev–Trinajstić information content (AvgIpc) is 2.70. The summed E-state index contributed by atoms with van der Waals surface area (Å²) >= 11 is 0. The number of aryl methyl sites for hydroxylation is 1. The van der Waals surface area contributed by atoms with Gasteiger partial charge in [0.1, 0.15) is 23.0 Å². The van der Waals surface area contributed by atoms with Crippen molar-refractivity contribution in [3.63, 3.8) is 0 Å². The molecule has 6 nitrogen and oxygen atoms in total. The molecule has 2 unspecified atom stereocenters. The number of aliphatic hydroxyl groups is 1. The van der Waals surface area contributed by atoms with Crippen LogP contribution >= 0.6 is 0 Å². The van der Waals surface area contributed by atoms with Gasteiger partial charge in [-0.25, -0.2) is 8.42 Å². The summed E-state index contributed by atoms with van der Waals surface area (Å²) in [6, 6.07) is 1.38. The molecule has 1 N–H and O–H groups in total. The summed E-state index contributed by atoms with van der Waals surface area (Å²) in [5.41, 5.74) is 0. The van der Waals surface area contributed by atoms with Crippen LogP contribution in [0.5, 0.6) is 0 Å². The monoisotopic (exact) mass is 289 g/mol. The van der Waals surface area contributed by atoms with Gasteiger partial charge in [-0.3, -0.25) is 0 Å². The Kier molecular flexibility index (Phi) is 4.00. The Hall–Kier alpha value is -0.890.